The predicted octanol–water partition coefficient (Wildman–Crippen LogP) is 3.17. The lowest BCUT2D eigenvalue weighted by Gasteiger charge is -2.22. The predicted molar refractivity (Wildman–Crippen MR) is 92.8 cm³/mol. The van der Waals surface area contributed by atoms with E-state index in [9.17, 15) is 0 Å². The molecule has 0 saturated heterocycles. The van der Waals surface area contributed by atoms with Crippen molar-refractivity contribution in [3.63, 3.8) is 0 Å². The molecule has 1 rings (SSSR count). The van der Waals surface area contributed by atoms with Gasteiger partial charge in [-0.05, 0) is 37.1 Å². The summed E-state index contributed by atoms with van der Waals surface area (Å²) in [5.41, 5.74) is 10.7. The van der Waals surface area contributed by atoms with Crippen molar-refractivity contribution >= 4 is 23.5 Å². The highest BCUT2D eigenvalue weighted by Gasteiger charge is 2.05. The van der Waals surface area contributed by atoms with Gasteiger partial charge in [-0.1, -0.05) is 39.5 Å². The average Bonchev–Trinajstić information content (AvgIpc) is 2.39. The molecule has 0 unspecified atom stereocenters. The summed E-state index contributed by atoms with van der Waals surface area (Å²) < 4.78 is 0. The number of aliphatic imine (C=N–C) groups is 1. The van der Waals surface area contributed by atoms with Gasteiger partial charge in [0.2, 0.25) is 0 Å². The molecule has 0 fully saturated rings. The number of unbranched alkanes of at least 4 members (excludes halogenated alkanes) is 4. The van der Waals surface area contributed by atoms with Crippen molar-refractivity contribution in [1.82, 2.24) is 4.90 Å². The van der Waals surface area contributed by atoms with Crippen LogP contribution in [0.2, 0.25) is 0 Å². The fraction of sp³-hybridized carbons (Fsp3) is 0.733. The Bertz CT molecular complexity index is 309. The summed E-state index contributed by atoms with van der Waals surface area (Å²) in [6.45, 7) is 6.53. The molecule has 0 aromatic carbocycles. The molecule has 5 heteroatoms. The number of thiocarbonyl (C=S) groups is 1. The maximum absolute atomic E-state index is 4.62. The van der Waals surface area contributed by atoms with Gasteiger partial charge in [-0.25, -0.2) is 0 Å². The van der Waals surface area contributed by atoms with Crippen LogP contribution in [-0.4, -0.2) is 29.4 Å². The van der Waals surface area contributed by atoms with E-state index in [0.29, 0.717) is 0 Å². The number of nitrogens with two attached hydrogens (primary N) is 2. The van der Waals surface area contributed by atoms with Gasteiger partial charge in [-0.3, -0.25) is 4.99 Å². The molecule has 0 saturated carbocycles. The van der Waals surface area contributed by atoms with Crippen molar-refractivity contribution in [1.29, 1.82) is 0 Å². The summed E-state index contributed by atoms with van der Waals surface area (Å²) in [5, 5.41) is 0.000000000000000222. The maximum atomic E-state index is 4.62. The fourth-order valence-corrected chi connectivity index (χ4v) is 1.98. The molecule has 116 valence electrons. The van der Waals surface area contributed by atoms with Gasteiger partial charge < -0.3 is 16.4 Å². The van der Waals surface area contributed by atoms with Crippen LogP contribution in [0.3, 0.4) is 0 Å². The minimum atomic E-state index is 0.000000000000000222. The average molecular weight is 298 g/mol. The van der Waals surface area contributed by atoms with Gasteiger partial charge in [0.1, 0.15) is 6.67 Å². The minimum absolute atomic E-state index is 0.000000000000000222. The Hall–Kier alpha value is -1.10. The van der Waals surface area contributed by atoms with E-state index in [1.807, 2.05) is 0 Å². The Morgan fingerprint density at radius 2 is 1.80 bits per heavy atom. The number of hydrogen-bond acceptors (Lipinski definition) is 3. The zero-order chi connectivity index (χ0) is 15.2. The second-order valence-electron chi connectivity index (χ2n) is 5.04. The molecule has 0 radical (unpaired) electrons. The lowest BCUT2D eigenvalue weighted by Crippen LogP contribution is -2.22. The van der Waals surface area contributed by atoms with E-state index in [1.165, 1.54) is 57.1 Å². The lowest BCUT2D eigenvalue weighted by molar-refractivity contribution is 0.369. The molecule has 0 atom stereocenters. The zero-order valence-corrected chi connectivity index (χ0v) is 13.8. The fourth-order valence-electron chi connectivity index (χ4n) is 1.98. The van der Waals surface area contributed by atoms with Crippen LogP contribution in [-0.2, 0) is 0 Å². The van der Waals surface area contributed by atoms with Gasteiger partial charge in [-0.15, -0.1) is 0 Å². The van der Waals surface area contributed by atoms with Crippen molar-refractivity contribution in [2.24, 2.45) is 16.5 Å². The highest BCUT2D eigenvalue weighted by atomic mass is 32.1. The second kappa shape index (κ2) is 12.9. The summed E-state index contributed by atoms with van der Waals surface area (Å²) in [6.07, 6.45) is 13.4. The summed E-state index contributed by atoms with van der Waals surface area (Å²) in [6, 6.07) is 0. The van der Waals surface area contributed by atoms with Crippen molar-refractivity contribution in [2.75, 3.05) is 13.2 Å². The van der Waals surface area contributed by atoms with Gasteiger partial charge >= 0.3 is 0 Å². The summed E-state index contributed by atoms with van der Waals surface area (Å²) in [4.78, 5) is 6.79. The first-order valence-corrected chi connectivity index (χ1v) is 8.00. The minimum Gasteiger partial charge on any atom is -0.377 e. The largest absolute Gasteiger partial charge is 0.377 e. The molecule has 0 amide bonds. The standard InChI is InChI=1S/C14H26N2.CH4N2S/c1-3-5-7-9-14-11-15-13-16(12-14)10-8-6-4-2;2-1(3)4/h11-12H,3-10,13H2,1-2H3;(H4,2,3,4). The van der Waals surface area contributed by atoms with E-state index < -0.39 is 0 Å². The summed E-state index contributed by atoms with van der Waals surface area (Å²) in [7, 11) is 0. The number of hydrogen-bond donors (Lipinski definition) is 2. The van der Waals surface area contributed by atoms with Gasteiger partial charge in [0.25, 0.3) is 0 Å². The van der Waals surface area contributed by atoms with Gasteiger partial charge in [0.05, 0.1) is 0 Å². The highest BCUT2D eigenvalue weighted by molar-refractivity contribution is 7.80. The van der Waals surface area contributed by atoms with E-state index in [0.717, 1.165) is 6.67 Å². The Morgan fingerprint density at radius 3 is 2.40 bits per heavy atom. The molecular weight excluding hydrogens is 268 g/mol. The van der Waals surface area contributed by atoms with Crippen LogP contribution in [0.5, 0.6) is 0 Å². The molecule has 1 aliphatic rings. The normalized spacial score (nSPS) is 13.5. The molecular formula is C15H30N4S. The third kappa shape index (κ3) is 12.0. The number of allylic oxidation sites excluding steroid dienone is 1. The maximum Gasteiger partial charge on any atom is 0.160 e. The van der Waals surface area contributed by atoms with Crippen molar-refractivity contribution in [3.05, 3.63) is 11.8 Å². The van der Waals surface area contributed by atoms with E-state index in [4.69, 9.17) is 0 Å². The first-order valence-electron chi connectivity index (χ1n) is 7.59. The molecule has 0 aromatic rings. The van der Waals surface area contributed by atoms with Crippen LogP contribution in [0.25, 0.3) is 0 Å². The van der Waals surface area contributed by atoms with Crippen LogP contribution in [0.1, 0.15) is 58.8 Å². The van der Waals surface area contributed by atoms with Crippen molar-refractivity contribution < 1.29 is 0 Å². The number of nitrogens with zero attached hydrogens (tertiary/aromatic N) is 2. The van der Waals surface area contributed by atoms with Crippen LogP contribution in [0.4, 0.5) is 0 Å². The third-order valence-electron chi connectivity index (χ3n) is 2.99. The third-order valence-corrected chi connectivity index (χ3v) is 2.99. The van der Waals surface area contributed by atoms with Crippen LogP contribution < -0.4 is 11.5 Å². The summed E-state index contributed by atoms with van der Waals surface area (Å²) >= 11 is 4.09. The van der Waals surface area contributed by atoms with Gasteiger partial charge in [0.15, 0.2) is 5.11 Å². The Balaban J connectivity index is 0.000000796. The van der Waals surface area contributed by atoms with E-state index >= 15 is 0 Å². The smallest absolute Gasteiger partial charge is 0.160 e. The molecule has 4 nitrogen and oxygen atoms in total. The first kappa shape index (κ1) is 18.9. The first-order chi connectivity index (χ1) is 9.60. The van der Waals surface area contributed by atoms with Crippen molar-refractivity contribution in [2.45, 2.75) is 58.8 Å². The Morgan fingerprint density at radius 1 is 1.20 bits per heavy atom. The zero-order valence-electron chi connectivity index (χ0n) is 13.0. The lowest BCUT2D eigenvalue weighted by atomic mass is 10.1. The van der Waals surface area contributed by atoms with E-state index in [-0.39, 0.29) is 5.11 Å². The topological polar surface area (TPSA) is 67.6 Å². The van der Waals surface area contributed by atoms with Gasteiger partial charge in [0, 0.05) is 19.0 Å². The molecule has 1 aliphatic heterocycles. The van der Waals surface area contributed by atoms with Crippen molar-refractivity contribution in [3.8, 4) is 0 Å². The van der Waals surface area contributed by atoms with Crippen LogP contribution in [0, 0.1) is 0 Å². The molecule has 0 aliphatic carbocycles. The SMILES string of the molecule is CCCCCC1=CN(CCCCC)CN=C1.NC(N)=S. The van der Waals surface area contributed by atoms with Gasteiger partial charge in [-0.2, -0.15) is 0 Å². The molecule has 1 heterocycles. The Labute approximate surface area is 129 Å². The molecule has 0 aromatic heterocycles. The molecule has 0 bridgehead atoms. The van der Waals surface area contributed by atoms with E-state index in [2.05, 4.69) is 59.8 Å². The number of rotatable bonds is 8. The van der Waals surface area contributed by atoms with E-state index in [1.54, 1.807) is 0 Å². The second-order valence-corrected chi connectivity index (χ2v) is 5.51. The molecule has 0 spiro atoms. The van der Waals surface area contributed by atoms with Crippen LogP contribution >= 0.6 is 12.2 Å². The highest BCUT2D eigenvalue weighted by Crippen LogP contribution is 2.12. The quantitative estimate of drug-likeness (QED) is 0.533. The Kier molecular flexibility index (Phi) is 12.2. The monoisotopic (exact) mass is 298 g/mol. The molecule has 20 heavy (non-hydrogen) atoms. The molecule has 4 N–H and O–H groups in total. The summed E-state index contributed by atoms with van der Waals surface area (Å²) in [5.74, 6) is 0. The van der Waals surface area contributed by atoms with Crippen LogP contribution in [0.15, 0.2) is 16.8 Å².